The molecule has 3 fully saturated rings. The number of hydrogen-bond acceptors (Lipinski definition) is 6. The molecule has 132 valence electrons. The summed E-state index contributed by atoms with van der Waals surface area (Å²) in [6.07, 6.45) is -0.352. The van der Waals surface area contributed by atoms with Crippen molar-refractivity contribution in [3.63, 3.8) is 0 Å². The molecule has 0 aliphatic carbocycles. The van der Waals surface area contributed by atoms with Gasteiger partial charge in [0.05, 0.1) is 45.0 Å². The Kier molecular flexibility index (Phi) is 3.24. The molecule has 3 aliphatic rings. The predicted octanol–water partition coefficient (Wildman–Crippen LogP) is 2.35. The number of imide groups is 1. The minimum atomic E-state index is -0.991. The number of carbonyl (C=O) groups is 2. The number of aliphatic hydroxyl groups is 1. The Morgan fingerprint density at radius 1 is 1.28 bits per heavy atom. The highest BCUT2D eigenvalue weighted by atomic mass is 32.1. The Balaban J connectivity index is 0.00000157. The molecule has 5 rings (SSSR count). The molecule has 2 aromatic rings. The number of benzene rings is 1. The first kappa shape index (κ1) is 16.6. The second-order valence-electron chi connectivity index (χ2n) is 7.29. The van der Waals surface area contributed by atoms with Gasteiger partial charge in [0.1, 0.15) is 5.60 Å². The summed E-state index contributed by atoms with van der Waals surface area (Å²) in [5.74, 6) is -1.67. The van der Waals surface area contributed by atoms with Crippen molar-refractivity contribution in [3.05, 3.63) is 23.7 Å². The van der Waals surface area contributed by atoms with Crippen LogP contribution in [-0.2, 0) is 14.3 Å². The van der Waals surface area contributed by atoms with Gasteiger partial charge in [-0.15, -0.1) is 11.3 Å². The summed E-state index contributed by atoms with van der Waals surface area (Å²) >= 11 is 1.47. The molecule has 0 saturated carbocycles. The van der Waals surface area contributed by atoms with Crippen LogP contribution in [0.3, 0.4) is 0 Å². The number of carbonyl (C=O) groups excluding carboxylic acids is 2. The van der Waals surface area contributed by atoms with Crippen LogP contribution < -0.4 is 4.90 Å². The normalized spacial score (nSPS) is 39.2. The fourth-order valence-electron chi connectivity index (χ4n) is 4.76. The Labute approximate surface area is 149 Å². The molecule has 1 aromatic carbocycles. The fourth-order valence-corrected chi connectivity index (χ4v) is 5.47. The zero-order chi connectivity index (χ0) is 16.9. The van der Waals surface area contributed by atoms with E-state index in [1.807, 2.05) is 19.1 Å². The number of anilines is 1. The zero-order valence-electron chi connectivity index (χ0n) is 13.2. The van der Waals surface area contributed by atoms with E-state index in [0.717, 1.165) is 10.2 Å². The van der Waals surface area contributed by atoms with Crippen molar-refractivity contribution in [1.82, 2.24) is 4.98 Å². The van der Waals surface area contributed by atoms with Crippen molar-refractivity contribution in [2.75, 3.05) is 4.90 Å². The van der Waals surface area contributed by atoms with E-state index in [1.165, 1.54) is 16.2 Å². The van der Waals surface area contributed by atoms with Gasteiger partial charge in [0.25, 0.3) is 0 Å². The number of hydrogen-bond donors (Lipinski definition) is 1. The lowest BCUT2D eigenvalue weighted by Gasteiger charge is -2.31. The van der Waals surface area contributed by atoms with Crippen LogP contribution >= 0.6 is 11.3 Å². The van der Waals surface area contributed by atoms with Gasteiger partial charge in [0, 0.05) is 6.42 Å². The van der Waals surface area contributed by atoms with Crippen LogP contribution in [0.4, 0.5) is 5.69 Å². The molecule has 0 radical (unpaired) electrons. The smallest absolute Gasteiger partial charge is 0.240 e. The molecule has 0 spiro atoms. The molecule has 1 aromatic heterocycles. The lowest BCUT2D eigenvalue weighted by atomic mass is 9.67. The second-order valence-corrected chi connectivity index (χ2v) is 8.18. The number of aliphatic hydroxyl groups excluding tert-OH is 1. The maximum Gasteiger partial charge on any atom is 0.240 e. The quantitative estimate of drug-likeness (QED) is 0.790. The Hall–Kier alpha value is -1.83. The second kappa shape index (κ2) is 4.87. The number of thiazole rings is 1. The summed E-state index contributed by atoms with van der Waals surface area (Å²) in [5.41, 5.74) is 1.38. The van der Waals surface area contributed by atoms with Gasteiger partial charge in [-0.05, 0) is 32.0 Å². The summed E-state index contributed by atoms with van der Waals surface area (Å²) < 4.78 is 6.92. The van der Waals surface area contributed by atoms with E-state index in [9.17, 15) is 14.7 Å². The maximum absolute atomic E-state index is 13.1. The third-order valence-corrected chi connectivity index (χ3v) is 6.66. The molecule has 2 bridgehead atoms. The van der Waals surface area contributed by atoms with Gasteiger partial charge >= 0.3 is 0 Å². The molecular weight excluding hydrogens is 340 g/mol. The van der Waals surface area contributed by atoms with Crippen molar-refractivity contribution in [2.45, 2.75) is 45.0 Å². The van der Waals surface area contributed by atoms with Gasteiger partial charge in [-0.25, -0.2) is 9.88 Å². The standard InChI is InChI=1S/C17H16N2O4S.CH4/c1-16-6-11(20)17(2,23-16)13-12(16)14(21)19(15(13)22)8-3-4-9-10(5-8)24-7-18-9;/h3-5,7,11-13,20H,6H2,1-2H3;1H4/t11-,12+,13-,16+,17-;/m1./s1. The van der Waals surface area contributed by atoms with Gasteiger partial charge < -0.3 is 9.84 Å². The van der Waals surface area contributed by atoms with Crippen molar-refractivity contribution < 1.29 is 19.4 Å². The van der Waals surface area contributed by atoms with Crippen molar-refractivity contribution in [3.8, 4) is 0 Å². The van der Waals surface area contributed by atoms with Gasteiger partial charge in [-0.2, -0.15) is 0 Å². The van der Waals surface area contributed by atoms with E-state index in [1.54, 1.807) is 18.5 Å². The molecule has 6 nitrogen and oxygen atoms in total. The molecule has 4 heterocycles. The van der Waals surface area contributed by atoms with Crippen LogP contribution in [0, 0.1) is 11.8 Å². The highest BCUT2D eigenvalue weighted by molar-refractivity contribution is 7.16. The number of amides is 2. The molecule has 5 atom stereocenters. The van der Waals surface area contributed by atoms with Gasteiger partial charge in [0.2, 0.25) is 11.8 Å². The van der Waals surface area contributed by atoms with Crippen LogP contribution in [0.2, 0.25) is 0 Å². The molecule has 3 aliphatic heterocycles. The van der Waals surface area contributed by atoms with Crippen LogP contribution in [0.5, 0.6) is 0 Å². The Morgan fingerprint density at radius 3 is 2.76 bits per heavy atom. The van der Waals surface area contributed by atoms with Crippen LogP contribution in [0.1, 0.15) is 27.7 Å². The summed E-state index contributed by atoms with van der Waals surface area (Å²) in [6.45, 7) is 3.57. The largest absolute Gasteiger partial charge is 0.390 e. The lowest BCUT2D eigenvalue weighted by Crippen LogP contribution is -2.49. The Bertz CT molecular complexity index is 911. The number of aromatic nitrogens is 1. The van der Waals surface area contributed by atoms with Crippen molar-refractivity contribution in [2.24, 2.45) is 11.8 Å². The number of fused-ring (bicyclic) bond motifs is 6. The van der Waals surface area contributed by atoms with Crippen molar-refractivity contribution >= 4 is 39.1 Å². The highest BCUT2D eigenvalue weighted by Crippen LogP contribution is 2.61. The van der Waals surface area contributed by atoms with Crippen molar-refractivity contribution in [1.29, 1.82) is 0 Å². The third kappa shape index (κ3) is 1.83. The Morgan fingerprint density at radius 2 is 2.00 bits per heavy atom. The molecule has 7 heteroatoms. The topological polar surface area (TPSA) is 79.7 Å². The summed E-state index contributed by atoms with van der Waals surface area (Å²) in [7, 11) is 0. The number of nitrogens with zero attached hydrogens (tertiary/aromatic N) is 2. The molecular formula is C18H20N2O4S. The van der Waals surface area contributed by atoms with E-state index in [-0.39, 0.29) is 19.2 Å². The third-order valence-electron chi connectivity index (χ3n) is 5.87. The summed E-state index contributed by atoms with van der Waals surface area (Å²) in [4.78, 5) is 31.6. The molecule has 1 N–H and O–H groups in total. The van der Waals surface area contributed by atoms with E-state index in [4.69, 9.17) is 4.74 Å². The van der Waals surface area contributed by atoms with Gasteiger partial charge in [0.15, 0.2) is 0 Å². The van der Waals surface area contributed by atoms with Crippen LogP contribution in [-0.4, -0.2) is 39.2 Å². The first-order valence-electron chi connectivity index (χ1n) is 7.94. The SMILES string of the molecule is C.C[C@@]12O[C@@](C)(C[C@H]1O)[C@@H]1C(=O)N(c3ccc4ncsc4c3)C(=O)[C@@H]12. The van der Waals surface area contributed by atoms with Crippen LogP contribution in [0.25, 0.3) is 10.2 Å². The average molecular weight is 360 g/mol. The van der Waals surface area contributed by atoms with E-state index < -0.39 is 29.1 Å². The fraction of sp³-hybridized carbons (Fsp3) is 0.500. The minimum absolute atomic E-state index is 0. The first-order valence-corrected chi connectivity index (χ1v) is 8.82. The zero-order valence-corrected chi connectivity index (χ0v) is 14.0. The minimum Gasteiger partial charge on any atom is -0.390 e. The molecule has 2 amide bonds. The van der Waals surface area contributed by atoms with E-state index in [0.29, 0.717) is 12.1 Å². The monoisotopic (exact) mass is 360 g/mol. The predicted molar refractivity (Wildman–Crippen MR) is 94.3 cm³/mol. The van der Waals surface area contributed by atoms with Crippen LogP contribution in [0.15, 0.2) is 23.7 Å². The number of ether oxygens (including phenoxy) is 1. The first-order chi connectivity index (χ1) is 11.3. The highest BCUT2D eigenvalue weighted by Gasteiger charge is 2.75. The summed E-state index contributed by atoms with van der Waals surface area (Å²) in [6, 6.07) is 5.40. The van der Waals surface area contributed by atoms with E-state index in [2.05, 4.69) is 4.98 Å². The molecule has 3 saturated heterocycles. The summed E-state index contributed by atoms with van der Waals surface area (Å²) in [5, 5.41) is 10.4. The lowest BCUT2D eigenvalue weighted by molar-refractivity contribution is -0.132. The van der Waals surface area contributed by atoms with Gasteiger partial charge in [-0.1, -0.05) is 7.43 Å². The number of rotatable bonds is 1. The molecule has 0 unspecified atom stereocenters. The molecule has 25 heavy (non-hydrogen) atoms. The van der Waals surface area contributed by atoms with Gasteiger partial charge in [-0.3, -0.25) is 9.59 Å². The van der Waals surface area contributed by atoms with E-state index >= 15 is 0 Å². The maximum atomic E-state index is 13.1. The average Bonchev–Trinajstić information content (AvgIpc) is 3.19.